The molecule has 0 aliphatic heterocycles. The average Bonchev–Trinajstić information content (AvgIpc) is 2.68. The highest BCUT2D eigenvalue weighted by Gasteiger charge is 2.33. The van der Waals surface area contributed by atoms with E-state index in [2.05, 4.69) is 26.0 Å². The van der Waals surface area contributed by atoms with E-state index in [1.807, 2.05) is 12.1 Å². The molecule has 0 bridgehead atoms. The first-order chi connectivity index (χ1) is 12.7. The minimum absolute atomic E-state index is 0.0120. The standard InChI is InChI=1S/C24H36O2/c1-3-4-5-19-8-16-23(17-9-19)26-24(25)22-14-12-21(13-15-22)20-10-6-18(2)7-11-20/h8-9,16-18,20-22H,3-7,10-15H2,1-2H3. The number of carbonyl (C=O) groups excluding carboxylic acids is 1. The molecule has 0 aromatic heterocycles. The molecular weight excluding hydrogens is 320 g/mol. The molecule has 26 heavy (non-hydrogen) atoms. The third-order valence-corrected chi connectivity index (χ3v) is 6.79. The van der Waals surface area contributed by atoms with Crippen LogP contribution in [0.4, 0.5) is 0 Å². The molecule has 0 atom stereocenters. The van der Waals surface area contributed by atoms with Crippen molar-refractivity contribution in [3.05, 3.63) is 29.8 Å². The molecule has 2 nitrogen and oxygen atoms in total. The topological polar surface area (TPSA) is 26.3 Å². The number of hydrogen-bond acceptors (Lipinski definition) is 2. The Balaban J connectivity index is 1.43. The van der Waals surface area contributed by atoms with Crippen molar-refractivity contribution in [2.45, 2.75) is 84.5 Å². The summed E-state index contributed by atoms with van der Waals surface area (Å²) in [6.07, 6.45) is 13.6. The van der Waals surface area contributed by atoms with Crippen LogP contribution >= 0.6 is 0 Å². The summed E-state index contributed by atoms with van der Waals surface area (Å²) >= 11 is 0. The smallest absolute Gasteiger partial charge is 0.314 e. The van der Waals surface area contributed by atoms with Gasteiger partial charge in [-0.2, -0.15) is 0 Å². The number of benzene rings is 1. The maximum absolute atomic E-state index is 12.5. The van der Waals surface area contributed by atoms with E-state index in [-0.39, 0.29) is 11.9 Å². The van der Waals surface area contributed by atoms with Crippen molar-refractivity contribution < 1.29 is 9.53 Å². The number of rotatable bonds is 6. The first-order valence-electron chi connectivity index (χ1n) is 11.0. The summed E-state index contributed by atoms with van der Waals surface area (Å²) in [5.74, 6) is 3.49. The SMILES string of the molecule is CCCCc1ccc(OC(=O)C2CCC(C3CCC(C)CC3)CC2)cc1. The van der Waals surface area contributed by atoms with Crippen LogP contribution in [0.2, 0.25) is 0 Å². The lowest BCUT2D eigenvalue weighted by atomic mass is 9.69. The van der Waals surface area contributed by atoms with E-state index in [1.54, 1.807) is 0 Å². The number of unbranched alkanes of at least 4 members (excludes halogenated alkanes) is 1. The highest BCUT2D eigenvalue weighted by molar-refractivity contribution is 5.75. The molecule has 0 radical (unpaired) electrons. The van der Waals surface area contributed by atoms with E-state index < -0.39 is 0 Å². The van der Waals surface area contributed by atoms with Gasteiger partial charge in [-0.15, -0.1) is 0 Å². The molecule has 0 spiro atoms. The lowest BCUT2D eigenvalue weighted by molar-refractivity contribution is -0.140. The van der Waals surface area contributed by atoms with Gasteiger partial charge in [-0.1, -0.05) is 45.2 Å². The van der Waals surface area contributed by atoms with Crippen LogP contribution in [0.3, 0.4) is 0 Å². The summed E-state index contributed by atoms with van der Waals surface area (Å²) in [5, 5.41) is 0. The Morgan fingerprint density at radius 1 is 0.923 bits per heavy atom. The second-order valence-corrected chi connectivity index (χ2v) is 8.80. The van der Waals surface area contributed by atoms with Crippen LogP contribution in [0.25, 0.3) is 0 Å². The molecule has 1 aromatic carbocycles. The fourth-order valence-electron chi connectivity index (χ4n) is 4.89. The Hall–Kier alpha value is -1.31. The molecule has 2 heteroatoms. The Kier molecular flexibility index (Phi) is 7.16. The van der Waals surface area contributed by atoms with Crippen LogP contribution in [0, 0.1) is 23.7 Å². The van der Waals surface area contributed by atoms with E-state index in [0.717, 1.165) is 37.0 Å². The highest BCUT2D eigenvalue weighted by atomic mass is 16.5. The van der Waals surface area contributed by atoms with Crippen LogP contribution < -0.4 is 4.74 Å². The lowest BCUT2D eigenvalue weighted by Gasteiger charge is -2.36. The molecule has 1 aromatic rings. The van der Waals surface area contributed by atoms with Gasteiger partial charge in [0.05, 0.1) is 5.92 Å². The zero-order valence-corrected chi connectivity index (χ0v) is 16.7. The second kappa shape index (κ2) is 9.58. The number of esters is 1. The van der Waals surface area contributed by atoms with Crippen LogP contribution in [0.5, 0.6) is 5.75 Å². The molecule has 2 saturated carbocycles. The fraction of sp³-hybridized carbons (Fsp3) is 0.708. The molecule has 2 aliphatic rings. The third-order valence-electron chi connectivity index (χ3n) is 6.79. The molecule has 0 unspecified atom stereocenters. The quantitative estimate of drug-likeness (QED) is 0.426. The van der Waals surface area contributed by atoms with Gasteiger partial charge in [0.2, 0.25) is 0 Å². The largest absolute Gasteiger partial charge is 0.426 e. The van der Waals surface area contributed by atoms with Gasteiger partial charge >= 0.3 is 5.97 Å². The van der Waals surface area contributed by atoms with Crippen molar-refractivity contribution in [1.82, 2.24) is 0 Å². The summed E-state index contributed by atoms with van der Waals surface area (Å²) in [6.45, 7) is 4.60. The normalized spacial score (nSPS) is 29.3. The van der Waals surface area contributed by atoms with Gasteiger partial charge < -0.3 is 4.74 Å². The van der Waals surface area contributed by atoms with Gasteiger partial charge in [-0.3, -0.25) is 4.79 Å². The predicted octanol–water partition coefficient (Wildman–Crippen LogP) is 6.57. The monoisotopic (exact) mass is 356 g/mol. The van der Waals surface area contributed by atoms with E-state index in [9.17, 15) is 4.79 Å². The van der Waals surface area contributed by atoms with E-state index in [1.165, 1.54) is 56.9 Å². The van der Waals surface area contributed by atoms with Gasteiger partial charge in [-0.25, -0.2) is 0 Å². The number of hydrogen-bond donors (Lipinski definition) is 0. The molecule has 2 fully saturated rings. The summed E-state index contributed by atoms with van der Waals surface area (Å²) in [7, 11) is 0. The zero-order valence-electron chi connectivity index (χ0n) is 16.7. The molecule has 3 rings (SSSR count). The van der Waals surface area contributed by atoms with Crippen LogP contribution in [-0.2, 0) is 11.2 Å². The van der Waals surface area contributed by atoms with Crippen LogP contribution in [-0.4, -0.2) is 5.97 Å². The molecule has 0 heterocycles. The summed E-state index contributed by atoms with van der Waals surface area (Å²) in [5.41, 5.74) is 1.33. The van der Waals surface area contributed by atoms with E-state index in [4.69, 9.17) is 4.74 Å². The molecule has 0 N–H and O–H groups in total. The van der Waals surface area contributed by atoms with Crippen molar-refractivity contribution in [1.29, 1.82) is 0 Å². The van der Waals surface area contributed by atoms with Gasteiger partial charge in [0.15, 0.2) is 0 Å². The Bertz CT molecular complexity index is 546. The van der Waals surface area contributed by atoms with Crippen molar-refractivity contribution >= 4 is 5.97 Å². The van der Waals surface area contributed by atoms with Gasteiger partial charge in [-0.05, 0) is 86.8 Å². The summed E-state index contributed by atoms with van der Waals surface area (Å²) in [6, 6.07) is 8.11. The minimum Gasteiger partial charge on any atom is -0.426 e. The predicted molar refractivity (Wildman–Crippen MR) is 107 cm³/mol. The maximum atomic E-state index is 12.5. The van der Waals surface area contributed by atoms with Gasteiger partial charge in [0.25, 0.3) is 0 Å². The highest BCUT2D eigenvalue weighted by Crippen LogP contribution is 2.41. The van der Waals surface area contributed by atoms with Crippen LogP contribution in [0.15, 0.2) is 24.3 Å². The molecule has 2 aliphatic carbocycles. The number of aryl methyl sites for hydroxylation is 1. The van der Waals surface area contributed by atoms with E-state index >= 15 is 0 Å². The van der Waals surface area contributed by atoms with Gasteiger partial charge in [0, 0.05) is 0 Å². The second-order valence-electron chi connectivity index (χ2n) is 8.80. The third kappa shape index (κ3) is 5.34. The van der Waals surface area contributed by atoms with Crippen LogP contribution in [0.1, 0.15) is 83.6 Å². The molecule has 144 valence electrons. The molecule has 0 saturated heterocycles. The van der Waals surface area contributed by atoms with Crippen molar-refractivity contribution in [2.75, 3.05) is 0 Å². The van der Waals surface area contributed by atoms with Crippen molar-refractivity contribution in [3.63, 3.8) is 0 Å². The number of ether oxygens (including phenoxy) is 1. The minimum atomic E-state index is -0.0120. The van der Waals surface area contributed by atoms with Crippen molar-refractivity contribution in [2.24, 2.45) is 23.7 Å². The summed E-state index contributed by atoms with van der Waals surface area (Å²) < 4.78 is 5.67. The lowest BCUT2D eigenvalue weighted by Crippen LogP contribution is -2.29. The first kappa shape index (κ1) is 19.5. The zero-order chi connectivity index (χ0) is 18.4. The Labute approximate surface area is 159 Å². The Morgan fingerprint density at radius 3 is 2.08 bits per heavy atom. The maximum Gasteiger partial charge on any atom is 0.314 e. The fourth-order valence-corrected chi connectivity index (χ4v) is 4.89. The number of carbonyl (C=O) groups is 1. The Morgan fingerprint density at radius 2 is 1.50 bits per heavy atom. The average molecular weight is 357 g/mol. The van der Waals surface area contributed by atoms with Crippen molar-refractivity contribution in [3.8, 4) is 5.75 Å². The summed E-state index contributed by atoms with van der Waals surface area (Å²) in [4.78, 5) is 12.5. The first-order valence-corrected chi connectivity index (χ1v) is 11.0. The molecule has 0 amide bonds. The van der Waals surface area contributed by atoms with Gasteiger partial charge in [0.1, 0.15) is 5.75 Å². The molecular formula is C24H36O2. The van der Waals surface area contributed by atoms with E-state index in [0.29, 0.717) is 5.75 Å².